The van der Waals surface area contributed by atoms with E-state index in [0.29, 0.717) is 0 Å². The van der Waals surface area contributed by atoms with E-state index >= 15 is 0 Å². The van der Waals surface area contributed by atoms with Gasteiger partial charge in [-0.2, -0.15) is 0 Å². The fourth-order valence-electron chi connectivity index (χ4n) is 7.76. The van der Waals surface area contributed by atoms with E-state index in [0.717, 1.165) is 22.1 Å². The van der Waals surface area contributed by atoms with Gasteiger partial charge in [-0.05, 0) is 107 Å². The predicted octanol–water partition coefficient (Wildman–Crippen LogP) is 13.2. The van der Waals surface area contributed by atoms with Gasteiger partial charge in [-0.1, -0.05) is 140 Å². The Labute approximate surface area is 271 Å². The maximum Gasteiger partial charge on any atom is 0.136 e. The number of benzene rings is 9. The molecule has 0 saturated heterocycles. The van der Waals surface area contributed by atoms with Crippen LogP contribution in [0.25, 0.3) is 98.4 Å². The largest absolute Gasteiger partial charge is 0.456 e. The van der Waals surface area contributed by atoms with Crippen LogP contribution in [0.15, 0.2) is 174 Å². The average Bonchev–Trinajstić information content (AvgIpc) is 3.52. The monoisotopic (exact) mass is 596 g/mol. The maximum absolute atomic E-state index is 6.52. The molecular weight excluding hydrogens is 569 g/mol. The highest BCUT2D eigenvalue weighted by atomic mass is 16.3. The maximum atomic E-state index is 6.52. The van der Waals surface area contributed by atoms with Gasteiger partial charge in [0.25, 0.3) is 0 Å². The summed E-state index contributed by atoms with van der Waals surface area (Å²) in [6.07, 6.45) is 0. The lowest BCUT2D eigenvalue weighted by Crippen LogP contribution is -1.92. The molecule has 10 rings (SSSR count). The number of fused-ring (bicyclic) bond motifs is 8. The molecule has 1 heteroatoms. The molecule has 0 bridgehead atoms. The van der Waals surface area contributed by atoms with E-state index in [4.69, 9.17) is 4.42 Å². The molecule has 1 nitrogen and oxygen atoms in total. The zero-order valence-electron chi connectivity index (χ0n) is 25.6. The summed E-state index contributed by atoms with van der Waals surface area (Å²) in [7, 11) is 0. The second-order valence-corrected chi connectivity index (χ2v) is 12.4. The van der Waals surface area contributed by atoms with Crippen molar-refractivity contribution in [3.05, 3.63) is 170 Å². The quantitative estimate of drug-likeness (QED) is 0.185. The summed E-state index contributed by atoms with van der Waals surface area (Å²) in [5, 5.41) is 12.3. The number of rotatable bonds is 3. The van der Waals surface area contributed by atoms with Crippen molar-refractivity contribution in [2.45, 2.75) is 0 Å². The van der Waals surface area contributed by atoms with Crippen LogP contribution in [0.5, 0.6) is 0 Å². The van der Waals surface area contributed by atoms with Crippen molar-refractivity contribution >= 4 is 65.0 Å². The number of hydrogen-bond donors (Lipinski definition) is 0. The summed E-state index contributed by atoms with van der Waals surface area (Å²) in [6, 6.07) is 61.6. The zero-order chi connectivity index (χ0) is 30.9. The highest BCUT2D eigenvalue weighted by Gasteiger charge is 2.19. The van der Waals surface area contributed by atoms with Crippen LogP contribution in [0.1, 0.15) is 0 Å². The third-order valence-electron chi connectivity index (χ3n) is 9.82. The summed E-state index contributed by atoms with van der Waals surface area (Å²) in [5.74, 6) is 0. The minimum atomic E-state index is 0.909. The van der Waals surface area contributed by atoms with Crippen molar-refractivity contribution in [2.24, 2.45) is 0 Å². The smallest absolute Gasteiger partial charge is 0.136 e. The molecule has 0 amide bonds. The lowest BCUT2D eigenvalue weighted by Gasteiger charge is -2.19. The molecule has 1 heterocycles. The van der Waals surface area contributed by atoms with E-state index in [1.807, 2.05) is 0 Å². The minimum absolute atomic E-state index is 0.909. The topological polar surface area (TPSA) is 13.1 Å². The molecule has 47 heavy (non-hydrogen) atoms. The van der Waals surface area contributed by atoms with Crippen LogP contribution in [0, 0.1) is 0 Å². The van der Waals surface area contributed by atoms with Gasteiger partial charge < -0.3 is 4.42 Å². The molecule has 218 valence electrons. The molecule has 0 unspecified atom stereocenters. The van der Waals surface area contributed by atoms with Crippen molar-refractivity contribution < 1.29 is 4.42 Å². The molecule has 0 fully saturated rings. The third-order valence-corrected chi connectivity index (χ3v) is 9.82. The van der Waals surface area contributed by atoms with Crippen LogP contribution in [-0.4, -0.2) is 0 Å². The van der Waals surface area contributed by atoms with E-state index < -0.39 is 0 Å². The average molecular weight is 597 g/mol. The Morgan fingerprint density at radius 2 is 0.872 bits per heavy atom. The van der Waals surface area contributed by atoms with E-state index in [1.54, 1.807) is 0 Å². The van der Waals surface area contributed by atoms with Gasteiger partial charge in [0.2, 0.25) is 0 Å². The SMILES string of the molecule is c1ccc(-c2c3ccccc3c(-c3cc(-c4ccc5c(c4)oc4ccc6ccccc6c45)c4ccccc4c3)c3ccccc23)cc1. The van der Waals surface area contributed by atoms with Crippen LogP contribution in [0.3, 0.4) is 0 Å². The Bertz CT molecular complexity index is 2780. The van der Waals surface area contributed by atoms with Crippen molar-refractivity contribution in [1.29, 1.82) is 0 Å². The van der Waals surface area contributed by atoms with Gasteiger partial charge in [0.15, 0.2) is 0 Å². The van der Waals surface area contributed by atoms with Gasteiger partial charge in [-0.15, -0.1) is 0 Å². The Morgan fingerprint density at radius 3 is 1.57 bits per heavy atom. The first kappa shape index (κ1) is 26.1. The van der Waals surface area contributed by atoms with Gasteiger partial charge in [0, 0.05) is 10.8 Å². The van der Waals surface area contributed by atoms with E-state index in [-0.39, 0.29) is 0 Å². The van der Waals surface area contributed by atoms with Crippen molar-refractivity contribution in [3.8, 4) is 33.4 Å². The van der Waals surface area contributed by atoms with E-state index in [2.05, 4.69) is 170 Å². The fraction of sp³-hybridized carbons (Fsp3) is 0. The van der Waals surface area contributed by atoms with Gasteiger partial charge in [0.05, 0.1) is 0 Å². The second kappa shape index (κ2) is 10.2. The highest BCUT2D eigenvalue weighted by Crippen LogP contribution is 2.46. The molecular formula is C46H28O. The first-order valence-corrected chi connectivity index (χ1v) is 16.2. The van der Waals surface area contributed by atoms with Crippen molar-refractivity contribution in [3.63, 3.8) is 0 Å². The molecule has 0 radical (unpaired) electrons. The number of furan rings is 1. The van der Waals surface area contributed by atoms with Gasteiger partial charge >= 0.3 is 0 Å². The molecule has 0 N–H and O–H groups in total. The highest BCUT2D eigenvalue weighted by molar-refractivity contribution is 6.23. The molecule has 0 spiro atoms. The molecule has 0 saturated carbocycles. The molecule has 0 atom stereocenters. The molecule has 1 aromatic heterocycles. The van der Waals surface area contributed by atoms with Crippen LogP contribution in [0.4, 0.5) is 0 Å². The molecule has 0 aliphatic carbocycles. The first-order chi connectivity index (χ1) is 23.3. The number of hydrogen-bond acceptors (Lipinski definition) is 1. The van der Waals surface area contributed by atoms with Crippen LogP contribution >= 0.6 is 0 Å². The van der Waals surface area contributed by atoms with Gasteiger partial charge in [0.1, 0.15) is 11.2 Å². The molecule has 10 aromatic rings. The zero-order valence-corrected chi connectivity index (χ0v) is 25.6. The summed E-state index contributed by atoms with van der Waals surface area (Å²) in [4.78, 5) is 0. The molecule has 0 aliphatic heterocycles. The third kappa shape index (κ3) is 3.97. The summed E-state index contributed by atoms with van der Waals surface area (Å²) < 4.78 is 6.52. The second-order valence-electron chi connectivity index (χ2n) is 12.4. The Balaban J connectivity index is 1.26. The van der Waals surface area contributed by atoms with Gasteiger partial charge in [-0.25, -0.2) is 0 Å². The van der Waals surface area contributed by atoms with Crippen LogP contribution in [0.2, 0.25) is 0 Å². The summed E-state index contributed by atoms with van der Waals surface area (Å²) in [6.45, 7) is 0. The standard InChI is InChI=1S/C46H28O/c1-2-13-30(14-3-1)44-36-18-8-10-20-38(36)45(39-21-11-9-19-37(39)44)33-26-31-15-5-6-16-34(31)41(27-33)32-22-24-40-43(28-32)47-42-25-23-29-12-4-7-17-35(29)46(40)42/h1-28H. The Hall–Kier alpha value is -6.18. The minimum Gasteiger partial charge on any atom is -0.456 e. The van der Waals surface area contributed by atoms with Crippen molar-refractivity contribution in [2.75, 3.05) is 0 Å². The van der Waals surface area contributed by atoms with Crippen molar-refractivity contribution in [1.82, 2.24) is 0 Å². The lowest BCUT2D eigenvalue weighted by molar-refractivity contribution is 0.669. The Kier molecular flexibility index (Phi) is 5.64. The van der Waals surface area contributed by atoms with E-state index in [9.17, 15) is 0 Å². The summed E-state index contributed by atoms with van der Waals surface area (Å²) in [5.41, 5.74) is 9.17. The fourth-order valence-corrected chi connectivity index (χ4v) is 7.76. The molecule has 9 aromatic carbocycles. The lowest BCUT2D eigenvalue weighted by atomic mass is 9.84. The normalized spacial score (nSPS) is 11.8. The van der Waals surface area contributed by atoms with Crippen LogP contribution < -0.4 is 0 Å². The summed E-state index contributed by atoms with van der Waals surface area (Å²) >= 11 is 0. The van der Waals surface area contributed by atoms with Gasteiger partial charge in [-0.3, -0.25) is 0 Å². The first-order valence-electron chi connectivity index (χ1n) is 16.2. The van der Waals surface area contributed by atoms with Crippen LogP contribution in [-0.2, 0) is 0 Å². The predicted molar refractivity (Wildman–Crippen MR) is 200 cm³/mol. The molecule has 0 aliphatic rings. The Morgan fingerprint density at radius 1 is 0.298 bits per heavy atom. The van der Waals surface area contributed by atoms with E-state index in [1.165, 1.54) is 76.3 Å².